The second-order valence-corrected chi connectivity index (χ2v) is 17.9. The van der Waals surface area contributed by atoms with E-state index in [9.17, 15) is 23.9 Å². The van der Waals surface area contributed by atoms with Crippen LogP contribution < -0.4 is 9.64 Å². The van der Waals surface area contributed by atoms with Crippen molar-refractivity contribution in [2.45, 2.75) is 83.7 Å². The van der Waals surface area contributed by atoms with Crippen molar-refractivity contribution >= 4 is 23.2 Å². The van der Waals surface area contributed by atoms with Crippen LogP contribution in [0, 0.1) is 36.3 Å². The summed E-state index contributed by atoms with van der Waals surface area (Å²) in [6.07, 6.45) is 4.08. The van der Waals surface area contributed by atoms with Crippen LogP contribution in [0.1, 0.15) is 96.8 Å². The van der Waals surface area contributed by atoms with Gasteiger partial charge in [0.1, 0.15) is 28.9 Å². The van der Waals surface area contributed by atoms with Crippen LogP contribution in [0.25, 0.3) is 0 Å². The van der Waals surface area contributed by atoms with Crippen LogP contribution in [0.15, 0.2) is 71.3 Å². The summed E-state index contributed by atoms with van der Waals surface area (Å²) in [5, 5.41) is 10.2. The number of aryl methyl sites for hydroxylation is 1. The molecule has 1 amide bonds. The van der Waals surface area contributed by atoms with Crippen LogP contribution >= 0.6 is 0 Å². The van der Waals surface area contributed by atoms with E-state index >= 15 is 4.39 Å². The van der Waals surface area contributed by atoms with E-state index in [-0.39, 0.29) is 59.8 Å². The first-order chi connectivity index (χ1) is 29.0. The molecule has 0 bridgehead atoms. The summed E-state index contributed by atoms with van der Waals surface area (Å²) in [5.74, 6) is -0.298. The third kappa shape index (κ3) is 7.46. The molecule has 4 aliphatic heterocycles. The van der Waals surface area contributed by atoms with Gasteiger partial charge in [0.15, 0.2) is 5.78 Å². The van der Waals surface area contributed by atoms with Gasteiger partial charge in [0, 0.05) is 94.2 Å². The minimum absolute atomic E-state index is 0.0286. The SMILES string of the molecule is CCC1C(=O)CCC(N2Cc3cc(N4CCN(CC5CCN(C6=C=C=C([C@@H]7c8ccc(O)cc8OCC7c7ccc(F)c(C)c7)C(C)C6)CC5)CC4)c(F)cc3C2=O)C1=O. The number of hydrogen-bond acceptors (Lipinski definition) is 8. The first-order valence-electron chi connectivity index (χ1n) is 21.9. The Balaban J connectivity index is 0.822. The Morgan fingerprint density at radius 1 is 0.883 bits per heavy atom. The molecule has 3 aromatic rings. The van der Waals surface area contributed by atoms with Gasteiger partial charge >= 0.3 is 0 Å². The number of halogens is 2. The quantitative estimate of drug-likeness (QED) is 0.183. The van der Waals surface area contributed by atoms with E-state index in [2.05, 4.69) is 33.1 Å². The van der Waals surface area contributed by atoms with Crippen LogP contribution in [-0.2, 0) is 16.1 Å². The van der Waals surface area contributed by atoms with Crippen molar-refractivity contribution in [2.24, 2.45) is 17.8 Å². The van der Waals surface area contributed by atoms with Crippen molar-refractivity contribution in [1.82, 2.24) is 14.7 Å². The van der Waals surface area contributed by atoms with E-state index in [4.69, 9.17) is 4.74 Å². The minimum Gasteiger partial charge on any atom is -0.508 e. The van der Waals surface area contributed by atoms with Crippen LogP contribution in [0.4, 0.5) is 14.5 Å². The molecule has 3 aromatic carbocycles. The number of ketones is 2. The average molecular weight is 817 g/mol. The van der Waals surface area contributed by atoms with Gasteiger partial charge in [-0.15, -0.1) is 0 Å². The summed E-state index contributed by atoms with van der Waals surface area (Å²) < 4.78 is 36.1. The number of benzene rings is 3. The Morgan fingerprint density at radius 3 is 2.40 bits per heavy atom. The molecule has 60 heavy (non-hydrogen) atoms. The van der Waals surface area contributed by atoms with E-state index in [0.717, 1.165) is 74.2 Å². The lowest BCUT2D eigenvalue weighted by Gasteiger charge is -2.41. The molecule has 4 heterocycles. The standard InChI is InChI=1S/C49H54F2N4O5/c1-4-36-45(57)12-11-43(48(36)58)55-27-33-23-44(42(51)25-39(33)49(55)59)54-19-17-52(18-20-54)26-31-13-15-53(16-14-31)34-6-8-37(29(2)22-34)47-38-9-7-35(56)24-46(38)60-28-40(47)32-5-10-41(50)30(3)21-32/h5,7,9-10,21,23-25,29,31,36,40,43,47,56H,4,11-20,22,26-28H2,1-3H3/t29?,36?,40?,43?,47-/m1/s1. The molecule has 0 aromatic heterocycles. The Bertz CT molecular complexity index is 2330. The maximum atomic E-state index is 15.6. The highest BCUT2D eigenvalue weighted by Gasteiger charge is 2.44. The van der Waals surface area contributed by atoms with E-state index < -0.39 is 17.8 Å². The summed E-state index contributed by atoms with van der Waals surface area (Å²) in [5.41, 5.74) is 13.8. The molecule has 9 nitrogen and oxygen atoms in total. The predicted octanol–water partition coefficient (Wildman–Crippen LogP) is 7.66. The summed E-state index contributed by atoms with van der Waals surface area (Å²) in [6.45, 7) is 12.5. The number of piperazine rings is 1. The number of anilines is 1. The van der Waals surface area contributed by atoms with Crippen LogP contribution in [0.3, 0.4) is 0 Å². The number of fused-ring (bicyclic) bond motifs is 2. The summed E-state index contributed by atoms with van der Waals surface area (Å²) in [6, 6.07) is 13.2. The van der Waals surface area contributed by atoms with Crippen molar-refractivity contribution in [2.75, 3.05) is 57.3 Å². The monoisotopic (exact) mass is 816 g/mol. The zero-order chi connectivity index (χ0) is 41.8. The lowest BCUT2D eigenvalue weighted by Crippen LogP contribution is -2.49. The highest BCUT2D eigenvalue weighted by Crippen LogP contribution is 2.50. The van der Waals surface area contributed by atoms with Crippen LogP contribution in [-0.4, -0.2) is 95.7 Å². The Morgan fingerprint density at radius 2 is 1.67 bits per heavy atom. The van der Waals surface area contributed by atoms with Gasteiger partial charge < -0.3 is 24.5 Å². The van der Waals surface area contributed by atoms with Gasteiger partial charge in [-0.2, -0.15) is 0 Å². The number of allylic oxidation sites excluding steroid dienone is 2. The van der Waals surface area contributed by atoms with Gasteiger partial charge in [0.2, 0.25) is 0 Å². The van der Waals surface area contributed by atoms with Crippen molar-refractivity contribution in [3.05, 3.63) is 111 Å². The molecule has 2 saturated heterocycles. The minimum atomic E-state index is -0.659. The molecule has 1 N–H and O–H groups in total. The zero-order valence-electron chi connectivity index (χ0n) is 34.8. The number of rotatable bonds is 8. The number of ether oxygens (including phenoxy) is 1. The Labute approximate surface area is 351 Å². The van der Waals surface area contributed by atoms with Gasteiger partial charge in [-0.3, -0.25) is 19.3 Å². The molecule has 11 heteroatoms. The highest BCUT2D eigenvalue weighted by atomic mass is 19.1. The summed E-state index contributed by atoms with van der Waals surface area (Å²) in [4.78, 5) is 47.4. The van der Waals surface area contributed by atoms with Crippen LogP contribution in [0.2, 0.25) is 0 Å². The van der Waals surface area contributed by atoms with Gasteiger partial charge in [-0.1, -0.05) is 37.8 Å². The van der Waals surface area contributed by atoms with Crippen molar-refractivity contribution in [3.8, 4) is 11.5 Å². The zero-order valence-corrected chi connectivity index (χ0v) is 34.8. The molecule has 0 radical (unpaired) electrons. The number of Topliss-reactive ketones (excluding diaryl/α,β-unsaturated/α-hetero) is 2. The van der Waals surface area contributed by atoms with Gasteiger partial charge in [-0.25, -0.2) is 8.78 Å². The molecule has 5 atom stereocenters. The number of amides is 1. The topological polar surface area (TPSA) is 93.6 Å². The molecule has 314 valence electrons. The second-order valence-electron chi connectivity index (χ2n) is 17.9. The maximum absolute atomic E-state index is 15.6. The number of carbonyl (C=O) groups is 3. The van der Waals surface area contributed by atoms with E-state index in [1.54, 1.807) is 30.0 Å². The third-order valence-corrected chi connectivity index (χ3v) is 14.2. The van der Waals surface area contributed by atoms with Gasteiger partial charge in [0.05, 0.1) is 30.0 Å². The predicted molar refractivity (Wildman–Crippen MR) is 224 cm³/mol. The number of phenolic OH excluding ortho intramolecular Hbond substituents is 1. The smallest absolute Gasteiger partial charge is 0.255 e. The van der Waals surface area contributed by atoms with E-state index in [0.29, 0.717) is 61.0 Å². The molecule has 0 spiro atoms. The number of hydrogen-bond donors (Lipinski definition) is 1. The molecule has 6 aliphatic rings. The van der Waals surface area contributed by atoms with E-state index in [1.165, 1.54) is 17.8 Å². The fraction of sp³-hybridized carbons (Fsp3) is 0.490. The highest BCUT2D eigenvalue weighted by molar-refractivity contribution is 6.09. The number of carbonyl (C=O) groups excluding carboxylic acids is 3. The van der Waals surface area contributed by atoms with Crippen LogP contribution in [0.5, 0.6) is 11.5 Å². The molecule has 4 unspecified atom stereocenters. The van der Waals surface area contributed by atoms with Gasteiger partial charge in [-0.05, 0) is 96.7 Å². The first-order valence-corrected chi connectivity index (χ1v) is 21.9. The third-order valence-electron chi connectivity index (χ3n) is 14.2. The summed E-state index contributed by atoms with van der Waals surface area (Å²) >= 11 is 0. The lowest BCUT2D eigenvalue weighted by atomic mass is 9.71. The molecule has 2 aliphatic carbocycles. The number of phenols is 1. The summed E-state index contributed by atoms with van der Waals surface area (Å²) in [7, 11) is 0. The lowest BCUT2D eigenvalue weighted by molar-refractivity contribution is -0.139. The first kappa shape index (κ1) is 40.2. The van der Waals surface area contributed by atoms with Crippen molar-refractivity contribution in [3.63, 3.8) is 0 Å². The molecule has 1 saturated carbocycles. The van der Waals surface area contributed by atoms with E-state index in [1.807, 2.05) is 25.1 Å². The normalized spacial score (nSPS) is 26.2. The number of piperidine rings is 1. The largest absolute Gasteiger partial charge is 0.508 e. The maximum Gasteiger partial charge on any atom is 0.255 e. The fourth-order valence-electron chi connectivity index (χ4n) is 10.8. The molecular weight excluding hydrogens is 763 g/mol. The Hall–Kier alpha value is -5.21. The number of likely N-dealkylation sites (tertiary alicyclic amines) is 1. The average Bonchev–Trinajstić information content (AvgIpc) is 3.56. The molecular formula is C49H54F2N4O5. The van der Waals surface area contributed by atoms with Crippen molar-refractivity contribution in [1.29, 1.82) is 0 Å². The molecule has 9 rings (SSSR count). The van der Waals surface area contributed by atoms with Gasteiger partial charge in [0.25, 0.3) is 5.91 Å². The second kappa shape index (κ2) is 16.3. The van der Waals surface area contributed by atoms with Crippen molar-refractivity contribution < 1.29 is 33.0 Å². The molecule has 3 fully saturated rings. The number of aromatic hydroxyl groups is 1. The Kier molecular flexibility index (Phi) is 10.9. The fourth-order valence-corrected chi connectivity index (χ4v) is 10.8. The number of nitrogens with zero attached hydrogens (tertiary/aromatic N) is 4.